The van der Waals surface area contributed by atoms with E-state index in [0.717, 1.165) is 0 Å². The third kappa shape index (κ3) is 2.84. The predicted molar refractivity (Wildman–Crippen MR) is 33.7 cm³/mol. The SMILES string of the molecule is CC1(C)OC[C@@H](C(=O)O)O1.[H-].[Li+]. The van der Waals surface area contributed by atoms with E-state index in [1.807, 2.05) is 0 Å². The first-order chi connectivity index (χ1) is 4.51. The van der Waals surface area contributed by atoms with Crippen molar-refractivity contribution in [3.8, 4) is 0 Å². The summed E-state index contributed by atoms with van der Waals surface area (Å²) in [6.07, 6.45) is -0.796. The fourth-order valence-electron chi connectivity index (χ4n) is 0.809. The summed E-state index contributed by atoms with van der Waals surface area (Å²) in [6, 6.07) is 0. The Morgan fingerprint density at radius 2 is 2.27 bits per heavy atom. The van der Waals surface area contributed by atoms with E-state index in [-0.39, 0.29) is 26.9 Å². The maximum absolute atomic E-state index is 10.3. The summed E-state index contributed by atoms with van der Waals surface area (Å²) in [5.41, 5.74) is 0. The van der Waals surface area contributed by atoms with Gasteiger partial charge in [-0.25, -0.2) is 4.79 Å². The van der Waals surface area contributed by atoms with E-state index in [1.54, 1.807) is 13.8 Å². The molecule has 0 spiro atoms. The average molecular weight is 154 g/mol. The van der Waals surface area contributed by atoms with Crippen LogP contribution in [-0.4, -0.2) is 29.6 Å². The summed E-state index contributed by atoms with van der Waals surface area (Å²) < 4.78 is 10.00. The van der Waals surface area contributed by atoms with Gasteiger partial charge < -0.3 is 16.0 Å². The van der Waals surface area contributed by atoms with Crippen LogP contribution in [0.25, 0.3) is 0 Å². The molecule has 0 amide bonds. The molecular formula is C6H11LiO4. The Morgan fingerprint density at radius 3 is 2.45 bits per heavy atom. The molecule has 1 fully saturated rings. The molecule has 0 saturated carbocycles. The zero-order valence-electron chi connectivity index (χ0n) is 7.96. The minimum absolute atomic E-state index is 0. The van der Waals surface area contributed by atoms with Crippen LogP contribution in [0, 0.1) is 0 Å². The van der Waals surface area contributed by atoms with Gasteiger partial charge >= 0.3 is 24.8 Å². The number of carboxylic acid groups (broad SMARTS) is 1. The van der Waals surface area contributed by atoms with Gasteiger partial charge in [-0.05, 0) is 13.8 Å². The monoisotopic (exact) mass is 154 g/mol. The van der Waals surface area contributed by atoms with E-state index in [9.17, 15) is 4.79 Å². The summed E-state index contributed by atoms with van der Waals surface area (Å²) in [5.74, 6) is -1.70. The number of rotatable bonds is 1. The molecule has 0 radical (unpaired) electrons. The van der Waals surface area contributed by atoms with Crippen molar-refractivity contribution in [2.75, 3.05) is 6.61 Å². The van der Waals surface area contributed by atoms with E-state index in [4.69, 9.17) is 14.6 Å². The van der Waals surface area contributed by atoms with Crippen LogP contribution in [0.2, 0.25) is 0 Å². The molecule has 0 aliphatic carbocycles. The number of aliphatic carboxylic acids is 1. The first kappa shape index (κ1) is 11.0. The molecule has 1 heterocycles. The van der Waals surface area contributed by atoms with Gasteiger partial charge in [-0.1, -0.05) is 0 Å². The van der Waals surface area contributed by atoms with Crippen LogP contribution >= 0.6 is 0 Å². The molecular weight excluding hydrogens is 143 g/mol. The van der Waals surface area contributed by atoms with Gasteiger partial charge in [0.05, 0.1) is 6.61 Å². The average Bonchev–Trinajstić information content (AvgIpc) is 2.10. The molecule has 0 aromatic rings. The Balaban J connectivity index is 0. The molecule has 60 valence electrons. The molecule has 0 aromatic carbocycles. The molecule has 1 N–H and O–H groups in total. The largest absolute Gasteiger partial charge is 1.00 e. The third-order valence-electron chi connectivity index (χ3n) is 1.28. The minimum atomic E-state index is -0.967. The Bertz CT molecular complexity index is 162. The van der Waals surface area contributed by atoms with Crippen molar-refractivity contribution in [2.45, 2.75) is 25.7 Å². The molecule has 0 aromatic heterocycles. The number of ether oxygens (including phenoxy) is 2. The van der Waals surface area contributed by atoms with E-state index in [1.165, 1.54) is 0 Å². The van der Waals surface area contributed by atoms with Crippen molar-refractivity contribution < 1.29 is 39.7 Å². The third-order valence-corrected chi connectivity index (χ3v) is 1.28. The molecule has 11 heavy (non-hydrogen) atoms. The van der Waals surface area contributed by atoms with Crippen molar-refractivity contribution in [1.82, 2.24) is 0 Å². The van der Waals surface area contributed by atoms with Gasteiger partial charge in [0.1, 0.15) is 0 Å². The van der Waals surface area contributed by atoms with Gasteiger partial charge in [-0.2, -0.15) is 0 Å². The van der Waals surface area contributed by atoms with Gasteiger partial charge in [0.25, 0.3) is 0 Å². The second-order valence-electron chi connectivity index (χ2n) is 2.66. The summed E-state index contributed by atoms with van der Waals surface area (Å²) in [7, 11) is 0. The molecule has 1 atom stereocenters. The standard InChI is InChI=1S/C6H10O4.Li.H/c1-6(2)9-3-4(10-6)5(7)8;;/h4H,3H2,1-2H3,(H,7,8);;/q;+1;-1/t4-;;/m0../s1. The summed E-state index contributed by atoms with van der Waals surface area (Å²) in [4.78, 5) is 10.3. The van der Waals surface area contributed by atoms with Crippen molar-refractivity contribution in [2.24, 2.45) is 0 Å². The smallest absolute Gasteiger partial charge is 1.00 e. The topological polar surface area (TPSA) is 55.8 Å². The molecule has 0 bridgehead atoms. The van der Waals surface area contributed by atoms with Crippen LogP contribution in [0.3, 0.4) is 0 Å². The van der Waals surface area contributed by atoms with E-state index in [2.05, 4.69) is 0 Å². The number of hydrogen-bond acceptors (Lipinski definition) is 3. The van der Waals surface area contributed by atoms with Crippen molar-refractivity contribution >= 4 is 5.97 Å². The first-order valence-corrected chi connectivity index (χ1v) is 3.06. The van der Waals surface area contributed by atoms with E-state index in [0.29, 0.717) is 0 Å². The zero-order valence-corrected chi connectivity index (χ0v) is 6.96. The molecule has 1 aliphatic heterocycles. The molecule has 1 rings (SSSR count). The van der Waals surface area contributed by atoms with Crippen molar-refractivity contribution in [3.05, 3.63) is 0 Å². The van der Waals surface area contributed by atoms with Crippen LogP contribution in [0.4, 0.5) is 0 Å². The van der Waals surface area contributed by atoms with Gasteiger partial charge in [0.2, 0.25) is 0 Å². The van der Waals surface area contributed by atoms with Gasteiger partial charge in [-0.15, -0.1) is 0 Å². The van der Waals surface area contributed by atoms with Gasteiger partial charge in [0, 0.05) is 0 Å². The maximum Gasteiger partial charge on any atom is 1.00 e. The Morgan fingerprint density at radius 1 is 1.73 bits per heavy atom. The van der Waals surface area contributed by atoms with Crippen LogP contribution in [0.1, 0.15) is 15.3 Å². The van der Waals surface area contributed by atoms with E-state index >= 15 is 0 Å². The second kappa shape index (κ2) is 3.59. The number of carboxylic acids is 1. The summed E-state index contributed by atoms with van der Waals surface area (Å²) in [6.45, 7) is 3.52. The Kier molecular flexibility index (Phi) is 3.59. The van der Waals surface area contributed by atoms with Gasteiger partial charge in [0.15, 0.2) is 11.9 Å². The summed E-state index contributed by atoms with van der Waals surface area (Å²) in [5, 5.41) is 8.44. The number of carbonyl (C=O) groups is 1. The number of hydrogen-bond donors (Lipinski definition) is 1. The van der Waals surface area contributed by atoms with Gasteiger partial charge in [-0.3, -0.25) is 0 Å². The van der Waals surface area contributed by atoms with Crippen LogP contribution in [-0.2, 0) is 14.3 Å². The molecule has 4 nitrogen and oxygen atoms in total. The summed E-state index contributed by atoms with van der Waals surface area (Å²) >= 11 is 0. The normalized spacial score (nSPS) is 27.6. The van der Waals surface area contributed by atoms with Crippen molar-refractivity contribution in [3.63, 3.8) is 0 Å². The van der Waals surface area contributed by atoms with E-state index < -0.39 is 17.9 Å². The first-order valence-electron chi connectivity index (χ1n) is 3.06. The quantitative estimate of drug-likeness (QED) is 0.419. The predicted octanol–water partition coefficient (Wildman–Crippen LogP) is -2.66. The Hall–Kier alpha value is -0.0126. The minimum Gasteiger partial charge on any atom is -1.00 e. The Labute approximate surface area is 78.5 Å². The maximum atomic E-state index is 10.3. The molecule has 1 aliphatic rings. The zero-order chi connectivity index (χ0) is 7.78. The van der Waals surface area contributed by atoms with Crippen molar-refractivity contribution in [1.29, 1.82) is 0 Å². The second-order valence-corrected chi connectivity index (χ2v) is 2.66. The molecule has 0 unspecified atom stereocenters. The van der Waals surface area contributed by atoms with Crippen LogP contribution in [0.15, 0.2) is 0 Å². The fourth-order valence-corrected chi connectivity index (χ4v) is 0.809. The van der Waals surface area contributed by atoms with Crippen LogP contribution in [0.5, 0.6) is 0 Å². The van der Waals surface area contributed by atoms with Crippen LogP contribution < -0.4 is 18.9 Å². The fraction of sp³-hybridized carbons (Fsp3) is 0.833. The molecule has 1 saturated heterocycles. The molecule has 5 heteroatoms.